The second-order valence-corrected chi connectivity index (χ2v) is 5.29. The van der Waals surface area contributed by atoms with Crippen LogP contribution in [0.1, 0.15) is 16.7 Å². The summed E-state index contributed by atoms with van der Waals surface area (Å²) in [6.07, 6.45) is 0.516. The zero-order valence-corrected chi connectivity index (χ0v) is 11.6. The molecule has 0 saturated carbocycles. The van der Waals surface area contributed by atoms with Crippen molar-refractivity contribution >= 4 is 0 Å². The van der Waals surface area contributed by atoms with Crippen molar-refractivity contribution in [3.63, 3.8) is 0 Å². The van der Waals surface area contributed by atoms with Crippen molar-refractivity contribution in [1.29, 1.82) is 0 Å². The van der Waals surface area contributed by atoms with E-state index in [1.807, 2.05) is 31.2 Å². The number of hydrogen-bond donors (Lipinski definition) is 2. The van der Waals surface area contributed by atoms with E-state index in [4.69, 9.17) is 5.73 Å². The van der Waals surface area contributed by atoms with Gasteiger partial charge in [-0.3, -0.25) is 0 Å². The molecule has 20 heavy (non-hydrogen) atoms. The third-order valence-electron chi connectivity index (χ3n) is 3.76. The highest BCUT2D eigenvalue weighted by molar-refractivity contribution is 5.33. The number of aliphatic hydroxyl groups excluding tert-OH is 1. The van der Waals surface area contributed by atoms with Gasteiger partial charge in [0.2, 0.25) is 0 Å². The Bertz CT molecular complexity index is 579. The highest BCUT2D eigenvalue weighted by Gasteiger charge is 2.33. The van der Waals surface area contributed by atoms with Gasteiger partial charge in [-0.05, 0) is 30.5 Å². The van der Waals surface area contributed by atoms with Gasteiger partial charge in [0.05, 0.1) is 6.61 Å². The lowest BCUT2D eigenvalue weighted by Gasteiger charge is -2.31. The van der Waals surface area contributed by atoms with Crippen LogP contribution in [-0.2, 0) is 11.8 Å². The van der Waals surface area contributed by atoms with Gasteiger partial charge in [0.15, 0.2) is 0 Å². The van der Waals surface area contributed by atoms with Gasteiger partial charge < -0.3 is 10.8 Å². The number of aliphatic hydroxyl groups is 1. The van der Waals surface area contributed by atoms with Gasteiger partial charge in [-0.1, -0.05) is 48.0 Å². The average molecular weight is 273 g/mol. The minimum Gasteiger partial charge on any atom is -0.395 e. The smallest absolute Gasteiger partial charge is 0.127 e. The molecular formula is C17H20FNO. The predicted octanol–water partition coefficient (Wildman–Crippen LogP) is 2.57. The van der Waals surface area contributed by atoms with Crippen LogP contribution in [-0.4, -0.2) is 18.3 Å². The largest absolute Gasteiger partial charge is 0.395 e. The molecule has 0 radical (unpaired) electrons. The van der Waals surface area contributed by atoms with Gasteiger partial charge in [0, 0.05) is 12.0 Å². The zero-order chi connectivity index (χ0) is 14.6. The Morgan fingerprint density at radius 2 is 1.90 bits per heavy atom. The average Bonchev–Trinajstić information content (AvgIpc) is 2.46. The van der Waals surface area contributed by atoms with Gasteiger partial charge >= 0.3 is 0 Å². The van der Waals surface area contributed by atoms with Gasteiger partial charge in [0.25, 0.3) is 0 Å². The molecule has 1 atom stereocenters. The number of benzene rings is 2. The molecule has 0 aliphatic carbocycles. The first-order chi connectivity index (χ1) is 9.61. The van der Waals surface area contributed by atoms with Crippen LogP contribution in [0.25, 0.3) is 0 Å². The Hall–Kier alpha value is -1.71. The van der Waals surface area contributed by atoms with Crippen LogP contribution in [0.2, 0.25) is 0 Å². The van der Waals surface area contributed by atoms with Gasteiger partial charge in [0.1, 0.15) is 5.82 Å². The SMILES string of the molecule is Cc1cccc(CC(CN)(CO)c2ccccc2F)c1. The molecular weight excluding hydrogens is 253 g/mol. The van der Waals surface area contributed by atoms with E-state index in [0.717, 1.165) is 11.1 Å². The van der Waals surface area contributed by atoms with E-state index in [9.17, 15) is 9.50 Å². The van der Waals surface area contributed by atoms with E-state index in [1.165, 1.54) is 6.07 Å². The van der Waals surface area contributed by atoms with Crippen LogP contribution in [0.4, 0.5) is 4.39 Å². The first kappa shape index (κ1) is 14.7. The van der Waals surface area contributed by atoms with Crippen molar-refractivity contribution in [3.05, 3.63) is 71.0 Å². The third kappa shape index (κ3) is 2.89. The normalized spacial score (nSPS) is 14.0. The summed E-state index contributed by atoms with van der Waals surface area (Å²) in [5.41, 5.74) is 7.77. The summed E-state index contributed by atoms with van der Waals surface area (Å²) in [6, 6.07) is 14.5. The molecule has 2 rings (SSSR count). The molecule has 0 heterocycles. The van der Waals surface area contributed by atoms with E-state index in [2.05, 4.69) is 0 Å². The zero-order valence-electron chi connectivity index (χ0n) is 11.6. The minimum absolute atomic E-state index is 0.182. The standard InChI is InChI=1S/C17H20FNO/c1-13-5-4-6-14(9-13)10-17(11-19,12-20)15-7-2-3-8-16(15)18/h2-9,20H,10-12,19H2,1H3. The van der Waals surface area contributed by atoms with Gasteiger partial charge in [-0.15, -0.1) is 0 Å². The summed E-state index contributed by atoms with van der Waals surface area (Å²) in [6.45, 7) is 2.02. The van der Waals surface area contributed by atoms with E-state index in [0.29, 0.717) is 12.0 Å². The molecule has 3 N–H and O–H groups in total. The lowest BCUT2D eigenvalue weighted by Crippen LogP contribution is -2.41. The van der Waals surface area contributed by atoms with Crippen LogP contribution in [0.5, 0.6) is 0 Å². The van der Waals surface area contributed by atoms with Crippen LogP contribution < -0.4 is 5.73 Å². The maximum atomic E-state index is 14.1. The Balaban J connectivity index is 2.42. The Morgan fingerprint density at radius 3 is 2.50 bits per heavy atom. The second-order valence-electron chi connectivity index (χ2n) is 5.29. The second kappa shape index (κ2) is 6.16. The molecule has 0 amide bonds. The fourth-order valence-electron chi connectivity index (χ4n) is 2.59. The summed E-state index contributed by atoms with van der Waals surface area (Å²) in [5.74, 6) is -0.320. The molecule has 1 unspecified atom stereocenters. The molecule has 2 aromatic rings. The minimum atomic E-state index is -0.779. The molecule has 0 bridgehead atoms. The number of halogens is 1. The molecule has 0 aliphatic rings. The van der Waals surface area contributed by atoms with Crippen LogP contribution in [0.15, 0.2) is 48.5 Å². The van der Waals surface area contributed by atoms with Crippen molar-refractivity contribution in [2.24, 2.45) is 5.73 Å². The summed E-state index contributed by atoms with van der Waals surface area (Å²) < 4.78 is 14.1. The Morgan fingerprint density at radius 1 is 1.15 bits per heavy atom. The topological polar surface area (TPSA) is 46.2 Å². The molecule has 0 saturated heterocycles. The molecule has 0 aromatic heterocycles. The molecule has 106 valence electrons. The highest BCUT2D eigenvalue weighted by atomic mass is 19.1. The third-order valence-corrected chi connectivity index (χ3v) is 3.76. The first-order valence-electron chi connectivity index (χ1n) is 6.73. The molecule has 2 aromatic carbocycles. The van der Waals surface area contributed by atoms with Crippen LogP contribution >= 0.6 is 0 Å². The lowest BCUT2D eigenvalue weighted by molar-refractivity contribution is 0.192. The first-order valence-corrected chi connectivity index (χ1v) is 6.73. The summed E-state index contributed by atoms with van der Waals surface area (Å²) in [4.78, 5) is 0. The fourth-order valence-corrected chi connectivity index (χ4v) is 2.59. The predicted molar refractivity (Wildman–Crippen MR) is 79.1 cm³/mol. The number of nitrogens with two attached hydrogens (primary N) is 1. The van der Waals surface area contributed by atoms with Gasteiger partial charge in [-0.2, -0.15) is 0 Å². The van der Waals surface area contributed by atoms with E-state index in [1.54, 1.807) is 18.2 Å². The lowest BCUT2D eigenvalue weighted by atomic mass is 9.76. The van der Waals surface area contributed by atoms with E-state index in [-0.39, 0.29) is 19.0 Å². The van der Waals surface area contributed by atoms with Crippen LogP contribution in [0, 0.1) is 12.7 Å². The monoisotopic (exact) mass is 273 g/mol. The van der Waals surface area contributed by atoms with Crippen molar-refractivity contribution in [2.45, 2.75) is 18.8 Å². The van der Waals surface area contributed by atoms with Crippen molar-refractivity contribution in [1.82, 2.24) is 0 Å². The maximum absolute atomic E-state index is 14.1. The Labute approximate surface area is 119 Å². The highest BCUT2D eigenvalue weighted by Crippen LogP contribution is 2.29. The molecule has 0 spiro atoms. The van der Waals surface area contributed by atoms with Crippen molar-refractivity contribution in [3.8, 4) is 0 Å². The Kier molecular flexibility index (Phi) is 4.53. The van der Waals surface area contributed by atoms with E-state index < -0.39 is 5.41 Å². The summed E-state index contributed by atoms with van der Waals surface area (Å²) >= 11 is 0. The summed E-state index contributed by atoms with van der Waals surface area (Å²) in [5, 5.41) is 9.84. The molecule has 2 nitrogen and oxygen atoms in total. The fraction of sp³-hybridized carbons (Fsp3) is 0.294. The summed E-state index contributed by atoms with van der Waals surface area (Å²) in [7, 11) is 0. The van der Waals surface area contributed by atoms with Crippen molar-refractivity contribution < 1.29 is 9.50 Å². The van der Waals surface area contributed by atoms with Crippen molar-refractivity contribution in [2.75, 3.05) is 13.2 Å². The quantitative estimate of drug-likeness (QED) is 0.879. The van der Waals surface area contributed by atoms with E-state index >= 15 is 0 Å². The molecule has 3 heteroatoms. The molecule has 0 fully saturated rings. The number of rotatable bonds is 5. The van der Waals surface area contributed by atoms with Crippen LogP contribution in [0.3, 0.4) is 0 Å². The maximum Gasteiger partial charge on any atom is 0.127 e. The number of aryl methyl sites for hydroxylation is 1. The van der Waals surface area contributed by atoms with Gasteiger partial charge in [-0.25, -0.2) is 4.39 Å². The molecule has 0 aliphatic heterocycles. The number of hydrogen-bond acceptors (Lipinski definition) is 2.